The van der Waals surface area contributed by atoms with Gasteiger partial charge in [-0.25, -0.2) is 0 Å². The predicted molar refractivity (Wildman–Crippen MR) is 63.2 cm³/mol. The molecule has 84 valence electrons. The van der Waals surface area contributed by atoms with Crippen LogP contribution >= 0.6 is 0 Å². The van der Waals surface area contributed by atoms with Crippen LogP contribution in [0.15, 0.2) is 0 Å². The van der Waals surface area contributed by atoms with Gasteiger partial charge in [0.2, 0.25) is 0 Å². The van der Waals surface area contributed by atoms with Gasteiger partial charge in [-0.05, 0) is 23.7 Å². The fourth-order valence-electron chi connectivity index (χ4n) is 2.45. The first-order chi connectivity index (χ1) is 7.25. The highest BCUT2D eigenvalue weighted by Gasteiger charge is 2.32. The second kappa shape index (κ2) is 5.15. The Bertz CT molecular complexity index is 246. The fourth-order valence-corrected chi connectivity index (χ4v) is 4.62. The molecule has 0 amide bonds. The summed E-state index contributed by atoms with van der Waals surface area (Å²) >= 11 is 0. The lowest BCUT2D eigenvalue weighted by atomic mass is 10.0. The van der Waals surface area contributed by atoms with Crippen LogP contribution < -0.4 is 0 Å². The van der Waals surface area contributed by atoms with Crippen molar-refractivity contribution in [1.82, 2.24) is 0 Å². The Labute approximate surface area is 94.2 Å². The molecule has 1 aliphatic heterocycles. The topological polar surface area (TPSA) is 34.1 Å². The third kappa shape index (κ3) is 3.07. The Kier molecular flexibility index (Phi) is 3.84. The van der Waals surface area contributed by atoms with Crippen LogP contribution in [0, 0.1) is 5.92 Å². The van der Waals surface area contributed by atoms with Gasteiger partial charge < -0.3 is 0 Å². The van der Waals surface area contributed by atoms with E-state index in [4.69, 9.17) is 0 Å². The van der Waals surface area contributed by atoms with Gasteiger partial charge in [-0.15, -0.1) is 0 Å². The molecular weight excluding hydrogens is 208 g/mol. The predicted octanol–water partition coefficient (Wildman–Crippen LogP) is 1.73. The van der Waals surface area contributed by atoms with Crippen LogP contribution in [0.1, 0.15) is 38.5 Å². The van der Waals surface area contributed by atoms with Crippen LogP contribution in [0.5, 0.6) is 0 Å². The van der Waals surface area contributed by atoms with Crippen LogP contribution in [0.25, 0.3) is 0 Å². The number of hydrogen-bond donors (Lipinski definition) is 0. The zero-order chi connectivity index (χ0) is 10.7. The Morgan fingerprint density at radius 3 is 2.40 bits per heavy atom. The monoisotopic (exact) mass is 227 g/mol. The van der Waals surface area contributed by atoms with Crippen molar-refractivity contribution in [2.24, 2.45) is 5.92 Å². The summed E-state index contributed by atoms with van der Waals surface area (Å²) in [4.78, 5) is 23.0. The van der Waals surface area contributed by atoms with Crippen molar-refractivity contribution >= 4 is 22.5 Å². The van der Waals surface area contributed by atoms with Crippen LogP contribution in [-0.4, -0.2) is 28.8 Å². The molecule has 1 aliphatic carbocycles. The van der Waals surface area contributed by atoms with Crippen molar-refractivity contribution in [2.75, 3.05) is 17.3 Å². The summed E-state index contributed by atoms with van der Waals surface area (Å²) in [6.07, 6.45) is 6.16. The molecule has 0 aromatic heterocycles. The lowest BCUT2D eigenvalue weighted by molar-refractivity contribution is -0.120. The molecule has 15 heavy (non-hydrogen) atoms. The first-order valence-electron chi connectivity index (χ1n) is 5.94. The smallest absolute Gasteiger partial charge is 0.184 e. The molecule has 0 aromatic carbocycles. The van der Waals surface area contributed by atoms with Crippen molar-refractivity contribution in [3.8, 4) is 0 Å². The molecule has 2 fully saturated rings. The molecule has 0 unspecified atom stereocenters. The molecule has 2 nitrogen and oxygen atoms in total. The van der Waals surface area contributed by atoms with Gasteiger partial charge in [0.05, 0.1) is 12.8 Å². The lowest BCUT2D eigenvalue weighted by Crippen LogP contribution is -2.31. The average Bonchev–Trinajstić information content (AvgIpc) is 2.74. The van der Waals surface area contributed by atoms with Gasteiger partial charge >= 0.3 is 0 Å². The van der Waals surface area contributed by atoms with Gasteiger partial charge in [0.1, 0.15) is 17.3 Å². The Morgan fingerprint density at radius 1 is 1.20 bits per heavy atom. The van der Waals surface area contributed by atoms with Gasteiger partial charge in [0, 0.05) is 5.92 Å². The summed E-state index contributed by atoms with van der Waals surface area (Å²) < 4.78 is 0. The molecule has 0 radical (unpaired) electrons. The third-order valence-corrected chi connectivity index (χ3v) is 5.75. The summed E-state index contributed by atoms with van der Waals surface area (Å²) in [5, 5.41) is 0. The van der Waals surface area contributed by atoms with E-state index in [0.29, 0.717) is 17.5 Å². The second-order valence-electron chi connectivity index (χ2n) is 4.65. The van der Waals surface area contributed by atoms with Crippen molar-refractivity contribution in [3.63, 3.8) is 0 Å². The summed E-state index contributed by atoms with van der Waals surface area (Å²) in [5.74, 6) is 4.00. The molecule has 0 aromatic rings. The SMILES string of the molecule is O=C1CC[S+](CC(=O)C2CCCC2)CC1. The van der Waals surface area contributed by atoms with Crippen molar-refractivity contribution < 1.29 is 9.59 Å². The summed E-state index contributed by atoms with van der Waals surface area (Å²) in [7, 11) is 0.238. The molecule has 0 spiro atoms. The number of rotatable bonds is 3. The summed E-state index contributed by atoms with van der Waals surface area (Å²) in [5.41, 5.74) is 0. The van der Waals surface area contributed by atoms with Crippen molar-refractivity contribution in [2.45, 2.75) is 38.5 Å². The van der Waals surface area contributed by atoms with E-state index in [2.05, 4.69) is 0 Å². The zero-order valence-corrected chi connectivity index (χ0v) is 9.98. The minimum Gasteiger partial charge on any atom is -0.299 e. The maximum Gasteiger partial charge on any atom is 0.184 e. The van der Waals surface area contributed by atoms with Crippen LogP contribution in [0.4, 0.5) is 0 Å². The number of ketones is 2. The highest BCUT2D eigenvalue weighted by Crippen LogP contribution is 2.26. The van der Waals surface area contributed by atoms with Gasteiger partial charge in [-0.3, -0.25) is 9.59 Å². The summed E-state index contributed by atoms with van der Waals surface area (Å²) in [6.45, 7) is 0. The maximum atomic E-state index is 11.9. The standard InChI is InChI=1S/C12H19O2S/c13-11-5-7-15(8-6-11)9-12(14)10-3-1-2-4-10/h10H,1-9H2/q+1. The van der Waals surface area contributed by atoms with Crippen LogP contribution in [-0.2, 0) is 20.5 Å². The van der Waals surface area contributed by atoms with E-state index in [1.807, 2.05) is 0 Å². The van der Waals surface area contributed by atoms with E-state index in [1.54, 1.807) is 0 Å². The molecule has 1 saturated carbocycles. The van der Waals surface area contributed by atoms with Gasteiger partial charge in [-0.2, -0.15) is 0 Å². The highest BCUT2D eigenvalue weighted by molar-refractivity contribution is 7.97. The molecule has 2 aliphatic rings. The molecular formula is C12H19O2S+. The van der Waals surface area contributed by atoms with E-state index < -0.39 is 0 Å². The second-order valence-corrected chi connectivity index (χ2v) is 6.98. The third-order valence-electron chi connectivity index (χ3n) is 3.50. The number of carbonyl (C=O) groups is 2. The minimum atomic E-state index is 0.238. The van der Waals surface area contributed by atoms with E-state index in [9.17, 15) is 9.59 Å². The van der Waals surface area contributed by atoms with E-state index in [1.165, 1.54) is 12.8 Å². The van der Waals surface area contributed by atoms with Crippen molar-refractivity contribution in [1.29, 1.82) is 0 Å². The molecule has 0 N–H and O–H groups in total. The Hall–Kier alpha value is -0.310. The van der Waals surface area contributed by atoms with E-state index >= 15 is 0 Å². The minimum absolute atomic E-state index is 0.238. The lowest BCUT2D eigenvalue weighted by Gasteiger charge is -2.14. The molecule has 2 rings (SSSR count). The molecule has 3 heteroatoms. The number of Topliss-reactive ketones (excluding diaryl/α,β-unsaturated/α-hetero) is 2. The van der Waals surface area contributed by atoms with Gasteiger partial charge in [-0.1, -0.05) is 12.8 Å². The quantitative estimate of drug-likeness (QED) is 0.688. The Morgan fingerprint density at radius 2 is 1.80 bits per heavy atom. The first kappa shape index (κ1) is 11.2. The van der Waals surface area contributed by atoms with Crippen LogP contribution in [0.2, 0.25) is 0 Å². The number of carbonyl (C=O) groups excluding carboxylic acids is 2. The normalized spacial score (nSPS) is 24.7. The molecule has 0 bridgehead atoms. The maximum absolute atomic E-state index is 11.9. The number of hydrogen-bond acceptors (Lipinski definition) is 2. The van der Waals surface area contributed by atoms with Crippen molar-refractivity contribution in [3.05, 3.63) is 0 Å². The first-order valence-corrected chi connectivity index (χ1v) is 7.67. The molecule has 1 heterocycles. The molecule has 0 atom stereocenters. The average molecular weight is 227 g/mol. The van der Waals surface area contributed by atoms with Gasteiger partial charge in [0.15, 0.2) is 11.5 Å². The van der Waals surface area contributed by atoms with E-state index in [0.717, 1.165) is 42.9 Å². The highest BCUT2D eigenvalue weighted by atomic mass is 32.2. The zero-order valence-electron chi connectivity index (χ0n) is 9.17. The van der Waals surface area contributed by atoms with E-state index in [-0.39, 0.29) is 10.9 Å². The summed E-state index contributed by atoms with van der Waals surface area (Å²) in [6, 6.07) is 0. The Balaban J connectivity index is 1.76. The van der Waals surface area contributed by atoms with Crippen LogP contribution in [0.3, 0.4) is 0 Å². The fraction of sp³-hybridized carbons (Fsp3) is 0.833. The largest absolute Gasteiger partial charge is 0.299 e. The van der Waals surface area contributed by atoms with Gasteiger partial charge in [0.25, 0.3) is 0 Å². The molecule has 1 saturated heterocycles.